The van der Waals surface area contributed by atoms with Crippen LogP contribution in [0.3, 0.4) is 0 Å². The Balaban J connectivity index is 1.40. The summed E-state index contributed by atoms with van der Waals surface area (Å²) in [5.74, 6) is 1.50. The van der Waals surface area contributed by atoms with Gasteiger partial charge in [0.1, 0.15) is 11.5 Å². The predicted molar refractivity (Wildman–Crippen MR) is 125 cm³/mol. The molecule has 3 heterocycles. The van der Waals surface area contributed by atoms with Crippen molar-refractivity contribution in [1.29, 1.82) is 0 Å². The first-order chi connectivity index (χ1) is 15.1. The summed E-state index contributed by atoms with van der Waals surface area (Å²) in [4.78, 5) is 19.9. The molecule has 4 rings (SSSR count). The van der Waals surface area contributed by atoms with Crippen molar-refractivity contribution < 1.29 is 9.32 Å². The zero-order chi connectivity index (χ0) is 21.6. The molecule has 0 atom stereocenters. The van der Waals surface area contributed by atoms with Crippen molar-refractivity contribution >= 4 is 34.7 Å². The number of carbonyl (C=O) groups is 1. The van der Waals surface area contributed by atoms with Crippen molar-refractivity contribution in [2.24, 2.45) is 4.99 Å². The summed E-state index contributed by atoms with van der Waals surface area (Å²) in [6, 6.07) is 13.5. The number of carbonyl (C=O) groups excluding carboxylic acids is 1. The standard InChI is InChI=1S/C23H25ClN4O2S/c1-2-3-11-25-22(28-12-4-13-28)17-7-5-16(6-8-17)19-14-18(30-27-19)15-26-23(29)20-9-10-21(24)31-20/h5-10,14H,2-4,11-13,15H2,1H3,(H,26,29). The number of rotatable bonds is 8. The van der Waals surface area contributed by atoms with E-state index in [1.54, 1.807) is 12.1 Å². The average molecular weight is 457 g/mol. The summed E-state index contributed by atoms with van der Waals surface area (Å²) < 4.78 is 5.99. The zero-order valence-corrected chi connectivity index (χ0v) is 19.0. The molecule has 0 spiro atoms. The quantitative estimate of drug-likeness (QED) is 0.286. The van der Waals surface area contributed by atoms with E-state index in [2.05, 4.69) is 34.4 Å². The number of unbranched alkanes of at least 4 members (excludes halogenated alkanes) is 1. The highest BCUT2D eigenvalue weighted by molar-refractivity contribution is 7.17. The summed E-state index contributed by atoms with van der Waals surface area (Å²) in [7, 11) is 0. The molecule has 1 N–H and O–H groups in total. The molecule has 1 aliphatic heterocycles. The molecule has 0 radical (unpaired) electrons. The molecule has 1 aromatic carbocycles. The van der Waals surface area contributed by atoms with Gasteiger partial charge in [-0.2, -0.15) is 0 Å². The van der Waals surface area contributed by atoms with Crippen LogP contribution in [0.15, 0.2) is 52.0 Å². The first-order valence-electron chi connectivity index (χ1n) is 10.5. The van der Waals surface area contributed by atoms with Gasteiger partial charge >= 0.3 is 0 Å². The maximum absolute atomic E-state index is 12.2. The molecule has 162 valence electrons. The molecule has 31 heavy (non-hydrogen) atoms. The largest absolute Gasteiger partial charge is 0.359 e. The van der Waals surface area contributed by atoms with Crippen molar-refractivity contribution in [2.75, 3.05) is 19.6 Å². The second-order valence-electron chi connectivity index (χ2n) is 7.44. The van der Waals surface area contributed by atoms with E-state index in [4.69, 9.17) is 21.1 Å². The fraction of sp³-hybridized carbons (Fsp3) is 0.348. The Morgan fingerprint density at radius 2 is 2.06 bits per heavy atom. The Morgan fingerprint density at radius 1 is 1.26 bits per heavy atom. The predicted octanol–water partition coefficient (Wildman–Crippen LogP) is 5.24. The Hall–Kier alpha value is -2.64. The van der Waals surface area contributed by atoms with E-state index in [9.17, 15) is 4.79 Å². The molecular formula is C23H25ClN4O2S. The lowest BCUT2D eigenvalue weighted by Crippen LogP contribution is -2.42. The number of halogens is 1. The molecule has 8 heteroatoms. The van der Waals surface area contributed by atoms with Gasteiger partial charge in [-0.1, -0.05) is 54.4 Å². The normalized spacial score (nSPS) is 13.9. The first-order valence-corrected chi connectivity index (χ1v) is 11.7. The van der Waals surface area contributed by atoms with Gasteiger partial charge in [0.15, 0.2) is 5.76 Å². The number of nitrogens with zero attached hydrogens (tertiary/aromatic N) is 3. The van der Waals surface area contributed by atoms with E-state index in [1.807, 2.05) is 18.2 Å². The minimum Gasteiger partial charge on any atom is -0.359 e. The summed E-state index contributed by atoms with van der Waals surface area (Å²) in [6.07, 6.45) is 3.47. The Morgan fingerprint density at radius 3 is 2.71 bits per heavy atom. The van der Waals surface area contributed by atoms with Gasteiger partial charge in [0.05, 0.1) is 15.8 Å². The lowest BCUT2D eigenvalue weighted by Gasteiger charge is -2.34. The summed E-state index contributed by atoms with van der Waals surface area (Å²) in [5, 5.41) is 6.98. The highest BCUT2D eigenvalue weighted by atomic mass is 35.5. The first kappa shape index (κ1) is 21.6. The molecule has 1 fully saturated rings. The molecule has 1 amide bonds. The topological polar surface area (TPSA) is 70.7 Å². The van der Waals surface area contributed by atoms with Crippen LogP contribution < -0.4 is 5.32 Å². The van der Waals surface area contributed by atoms with Gasteiger partial charge in [0, 0.05) is 36.8 Å². The number of benzene rings is 1. The third-order valence-electron chi connectivity index (χ3n) is 5.15. The van der Waals surface area contributed by atoms with Crippen LogP contribution in [0.5, 0.6) is 0 Å². The van der Waals surface area contributed by atoms with Crippen molar-refractivity contribution in [3.05, 3.63) is 63.0 Å². The number of nitrogens with one attached hydrogen (secondary N) is 1. The maximum atomic E-state index is 12.2. The monoisotopic (exact) mass is 456 g/mol. The number of aromatic nitrogens is 1. The van der Waals surface area contributed by atoms with Gasteiger partial charge in [-0.05, 0) is 25.0 Å². The third kappa shape index (κ3) is 5.35. The van der Waals surface area contributed by atoms with Gasteiger partial charge in [0.2, 0.25) is 0 Å². The van der Waals surface area contributed by atoms with E-state index in [0.29, 0.717) is 15.0 Å². The number of hydrogen-bond acceptors (Lipinski definition) is 5. The van der Waals surface area contributed by atoms with Crippen LogP contribution >= 0.6 is 22.9 Å². The van der Waals surface area contributed by atoms with Crippen LogP contribution in [0.4, 0.5) is 0 Å². The number of amidine groups is 1. The SMILES string of the molecule is CCCCN=C(c1ccc(-c2cc(CNC(=O)c3ccc(Cl)s3)on2)cc1)N1CCC1. The molecule has 0 unspecified atom stereocenters. The van der Waals surface area contributed by atoms with Crippen LogP contribution in [-0.2, 0) is 6.54 Å². The van der Waals surface area contributed by atoms with Gasteiger partial charge in [0.25, 0.3) is 5.91 Å². The molecule has 0 aliphatic carbocycles. The molecular weight excluding hydrogens is 432 g/mol. The highest BCUT2D eigenvalue weighted by Crippen LogP contribution is 2.23. The van der Waals surface area contributed by atoms with E-state index in [0.717, 1.165) is 55.1 Å². The number of amides is 1. The minimum atomic E-state index is -0.180. The zero-order valence-electron chi connectivity index (χ0n) is 17.4. The van der Waals surface area contributed by atoms with Crippen LogP contribution in [0.25, 0.3) is 11.3 Å². The molecule has 0 bridgehead atoms. The molecule has 6 nitrogen and oxygen atoms in total. The van der Waals surface area contributed by atoms with Crippen molar-refractivity contribution in [2.45, 2.75) is 32.7 Å². The molecule has 0 saturated carbocycles. The number of hydrogen-bond donors (Lipinski definition) is 1. The summed E-state index contributed by atoms with van der Waals surface area (Å²) in [5.41, 5.74) is 2.83. The third-order valence-corrected chi connectivity index (χ3v) is 6.38. The van der Waals surface area contributed by atoms with E-state index in [1.165, 1.54) is 17.8 Å². The minimum absolute atomic E-state index is 0.180. The van der Waals surface area contributed by atoms with Crippen LogP contribution in [-0.4, -0.2) is 41.4 Å². The molecule has 2 aromatic heterocycles. The lowest BCUT2D eigenvalue weighted by molar-refractivity contribution is 0.0951. The summed E-state index contributed by atoms with van der Waals surface area (Å²) >= 11 is 7.13. The number of aliphatic imine (C=N–C) groups is 1. The van der Waals surface area contributed by atoms with Gasteiger partial charge in [-0.15, -0.1) is 11.3 Å². The highest BCUT2D eigenvalue weighted by Gasteiger charge is 2.20. The fourth-order valence-corrected chi connectivity index (χ4v) is 4.22. The van der Waals surface area contributed by atoms with Crippen LogP contribution in [0.2, 0.25) is 4.34 Å². The Bertz CT molecular complexity index is 1050. The second-order valence-corrected chi connectivity index (χ2v) is 9.16. The molecule has 1 aliphatic rings. The van der Waals surface area contributed by atoms with E-state index >= 15 is 0 Å². The van der Waals surface area contributed by atoms with Crippen molar-refractivity contribution in [1.82, 2.24) is 15.4 Å². The average Bonchev–Trinajstić information content (AvgIpc) is 3.39. The Labute approximate surface area is 190 Å². The van der Waals surface area contributed by atoms with Crippen LogP contribution in [0, 0.1) is 0 Å². The fourth-order valence-electron chi connectivity index (χ4n) is 3.26. The molecule has 1 saturated heterocycles. The maximum Gasteiger partial charge on any atom is 0.261 e. The van der Waals surface area contributed by atoms with Gasteiger partial charge in [-0.3, -0.25) is 9.79 Å². The molecule has 3 aromatic rings. The van der Waals surface area contributed by atoms with Gasteiger partial charge in [-0.25, -0.2) is 0 Å². The second kappa shape index (κ2) is 10.1. The van der Waals surface area contributed by atoms with Crippen molar-refractivity contribution in [3.8, 4) is 11.3 Å². The number of likely N-dealkylation sites (tertiary alicyclic amines) is 1. The number of thiophene rings is 1. The summed E-state index contributed by atoms with van der Waals surface area (Å²) in [6.45, 7) is 5.46. The lowest BCUT2D eigenvalue weighted by atomic mass is 10.1. The smallest absolute Gasteiger partial charge is 0.261 e. The van der Waals surface area contributed by atoms with Crippen LogP contribution in [0.1, 0.15) is 47.2 Å². The van der Waals surface area contributed by atoms with E-state index in [-0.39, 0.29) is 12.5 Å². The van der Waals surface area contributed by atoms with Gasteiger partial charge < -0.3 is 14.7 Å². The van der Waals surface area contributed by atoms with Crippen molar-refractivity contribution in [3.63, 3.8) is 0 Å². The Kier molecular flexibility index (Phi) is 7.04. The van der Waals surface area contributed by atoms with E-state index < -0.39 is 0 Å².